The first-order valence-corrected chi connectivity index (χ1v) is 10.0. The summed E-state index contributed by atoms with van der Waals surface area (Å²) in [5, 5.41) is 7.68. The lowest BCUT2D eigenvalue weighted by molar-refractivity contribution is 0.0931. The van der Waals surface area contributed by atoms with Gasteiger partial charge in [0, 0.05) is 12.3 Å². The van der Waals surface area contributed by atoms with Crippen molar-refractivity contribution in [3.63, 3.8) is 0 Å². The van der Waals surface area contributed by atoms with E-state index in [1.54, 1.807) is 31.2 Å². The van der Waals surface area contributed by atoms with Crippen molar-refractivity contribution < 1.29 is 23.2 Å². The number of carbonyl (C=O) groups excluding carboxylic acids is 1. The summed E-state index contributed by atoms with van der Waals surface area (Å²) in [6.45, 7) is 6.13. The van der Waals surface area contributed by atoms with E-state index in [4.69, 9.17) is 18.4 Å². The molecule has 2 aromatic heterocycles. The van der Waals surface area contributed by atoms with E-state index in [1.807, 2.05) is 38.1 Å². The number of aryl methyl sites for hydroxylation is 1. The highest BCUT2D eigenvalue weighted by Gasteiger charge is 2.19. The van der Waals surface area contributed by atoms with Crippen molar-refractivity contribution >= 4 is 16.9 Å². The topological polar surface area (TPSA) is 99.6 Å². The number of aromatic nitrogens is 2. The Kier molecular flexibility index (Phi) is 5.88. The zero-order valence-electron chi connectivity index (χ0n) is 17.5. The summed E-state index contributed by atoms with van der Waals surface area (Å²) in [5.74, 6) is 2.33. The Morgan fingerprint density at radius 1 is 1.13 bits per heavy atom. The number of nitrogens with one attached hydrogen (secondary N) is 1. The van der Waals surface area contributed by atoms with Crippen molar-refractivity contribution in [3.05, 3.63) is 71.6 Å². The Morgan fingerprint density at radius 3 is 2.71 bits per heavy atom. The Bertz CT molecular complexity index is 1200. The van der Waals surface area contributed by atoms with Gasteiger partial charge in [-0.25, -0.2) is 0 Å². The van der Waals surface area contributed by atoms with E-state index in [9.17, 15) is 4.79 Å². The van der Waals surface area contributed by atoms with Crippen LogP contribution in [0.2, 0.25) is 0 Å². The molecule has 1 amide bonds. The van der Waals surface area contributed by atoms with Crippen LogP contribution in [0, 0.1) is 6.92 Å². The number of rotatable bonds is 8. The molecule has 1 atom stereocenters. The zero-order valence-corrected chi connectivity index (χ0v) is 17.5. The molecule has 0 aliphatic rings. The Morgan fingerprint density at radius 2 is 1.94 bits per heavy atom. The summed E-state index contributed by atoms with van der Waals surface area (Å²) < 4.78 is 22.3. The number of hydrogen-bond donors (Lipinski definition) is 1. The fraction of sp³-hybridized carbons (Fsp3) is 0.261. The molecule has 0 aliphatic carbocycles. The average Bonchev–Trinajstić information content (AvgIpc) is 3.39. The molecule has 0 saturated carbocycles. The molecule has 0 spiro atoms. The second-order valence-corrected chi connectivity index (χ2v) is 6.97. The summed E-state index contributed by atoms with van der Waals surface area (Å²) in [5.41, 5.74) is 1.07. The van der Waals surface area contributed by atoms with Crippen LogP contribution in [0.1, 0.15) is 47.7 Å². The van der Waals surface area contributed by atoms with Gasteiger partial charge in [-0.1, -0.05) is 29.4 Å². The molecule has 0 bridgehead atoms. The highest BCUT2D eigenvalue weighted by molar-refractivity contribution is 5.97. The SMILES string of the molecule is CCOc1cccc2cc(C(C)NC(=O)c3ccccc3OCc3noc(C)n3)oc12. The Labute approximate surface area is 179 Å². The molecule has 4 aromatic rings. The van der Waals surface area contributed by atoms with Gasteiger partial charge in [-0.05, 0) is 38.1 Å². The number of para-hydroxylation sites is 2. The van der Waals surface area contributed by atoms with Crippen LogP contribution in [0.25, 0.3) is 11.0 Å². The predicted molar refractivity (Wildman–Crippen MR) is 113 cm³/mol. The molecule has 2 heterocycles. The number of hydrogen-bond acceptors (Lipinski definition) is 7. The van der Waals surface area contributed by atoms with Crippen LogP contribution in [-0.4, -0.2) is 22.7 Å². The normalized spacial score (nSPS) is 12.0. The van der Waals surface area contributed by atoms with E-state index in [2.05, 4.69) is 15.5 Å². The maximum atomic E-state index is 12.9. The van der Waals surface area contributed by atoms with E-state index in [0.717, 1.165) is 5.39 Å². The molecule has 8 nitrogen and oxygen atoms in total. The Hall–Kier alpha value is -3.81. The summed E-state index contributed by atoms with van der Waals surface area (Å²) in [4.78, 5) is 17.0. The van der Waals surface area contributed by atoms with Crippen LogP contribution in [0.5, 0.6) is 11.5 Å². The fourth-order valence-electron chi connectivity index (χ4n) is 3.21. The van der Waals surface area contributed by atoms with Crippen molar-refractivity contribution in [2.24, 2.45) is 0 Å². The summed E-state index contributed by atoms with van der Waals surface area (Å²) in [7, 11) is 0. The molecule has 1 N–H and O–H groups in total. The maximum Gasteiger partial charge on any atom is 0.255 e. The van der Waals surface area contributed by atoms with Crippen molar-refractivity contribution in [1.82, 2.24) is 15.5 Å². The van der Waals surface area contributed by atoms with E-state index in [1.165, 1.54) is 0 Å². The first-order chi connectivity index (χ1) is 15.0. The fourth-order valence-corrected chi connectivity index (χ4v) is 3.21. The van der Waals surface area contributed by atoms with Crippen molar-refractivity contribution in [1.29, 1.82) is 0 Å². The Balaban J connectivity index is 1.49. The third kappa shape index (κ3) is 4.53. The molecule has 1 unspecified atom stereocenters. The van der Waals surface area contributed by atoms with E-state index < -0.39 is 0 Å². The molecule has 31 heavy (non-hydrogen) atoms. The maximum absolute atomic E-state index is 12.9. The highest BCUT2D eigenvalue weighted by Crippen LogP contribution is 2.31. The number of benzene rings is 2. The monoisotopic (exact) mass is 421 g/mol. The number of amides is 1. The van der Waals surface area contributed by atoms with Crippen LogP contribution in [0.4, 0.5) is 0 Å². The van der Waals surface area contributed by atoms with E-state index in [-0.39, 0.29) is 18.6 Å². The number of nitrogens with zero attached hydrogens (tertiary/aromatic N) is 2. The lowest BCUT2D eigenvalue weighted by atomic mass is 10.1. The van der Waals surface area contributed by atoms with Crippen LogP contribution < -0.4 is 14.8 Å². The second kappa shape index (κ2) is 8.91. The van der Waals surface area contributed by atoms with Crippen LogP contribution in [0.15, 0.2) is 57.5 Å². The first-order valence-electron chi connectivity index (χ1n) is 10.0. The minimum atomic E-state index is -0.359. The molecule has 2 aromatic carbocycles. The molecule has 160 valence electrons. The van der Waals surface area contributed by atoms with Crippen molar-refractivity contribution in [2.45, 2.75) is 33.4 Å². The number of carbonyl (C=O) groups is 1. The molecule has 0 radical (unpaired) electrons. The van der Waals surface area contributed by atoms with E-state index >= 15 is 0 Å². The third-order valence-electron chi connectivity index (χ3n) is 4.66. The van der Waals surface area contributed by atoms with Crippen LogP contribution in [-0.2, 0) is 6.61 Å². The van der Waals surface area contributed by atoms with Gasteiger partial charge in [0.05, 0.1) is 18.2 Å². The zero-order chi connectivity index (χ0) is 21.8. The standard InChI is InChI=1S/C23H23N3O5/c1-4-28-19-11-7-8-16-12-20(30-22(16)19)14(2)24-23(27)17-9-5-6-10-18(17)29-13-21-25-15(3)31-26-21/h5-12,14H,4,13H2,1-3H3,(H,24,27). The van der Waals surface area contributed by atoms with Gasteiger partial charge in [0.25, 0.3) is 5.91 Å². The quantitative estimate of drug-likeness (QED) is 0.444. The van der Waals surface area contributed by atoms with Crippen molar-refractivity contribution in [3.8, 4) is 11.5 Å². The smallest absolute Gasteiger partial charge is 0.255 e. The van der Waals surface area contributed by atoms with E-state index in [0.29, 0.717) is 46.7 Å². The van der Waals surface area contributed by atoms with Crippen LogP contribution in [0.3, 0.4) is 0 Å². The number of fused-ring (bicyclic) bond motifs is 1. The predicted octanol–water partition coefficient (Wildman–Crippen LogP) is 4.59. The van der Waals surface area contributed by atoms with Crippen molar-refractivity contribution in [2.75, 3.05) is 6.61 Å². The molecule has 0 aliphatic heterocycles. The highest BCUT2D eigenvalue weighted by atomic mass is 16.5. The van der Waals surface area contributed by atoms with Gasteiger partial charge in [-0.3, -0.25) is 4.79 Å². The lowest BCUT2D eigenvalue weighted by Crippen LogP contribution is -2.26. The largest absolute Gasteiger partial charge is 0.490 e. The van der Waals surface area contributed by atoms with Gasteiger partial charge in [0.2, 0.25) is 11.7 Å². The summed E-state index contributed by atoms with van der Waals surface area (Å²) in [6.07, 6.45) is 0. The summed E-state index contributed by atoms with van der Waals surface area (Å²) in [6, 6.07) is 14.3. The first kappa shape index (κ1) is 20.5. The van der Waals surface area contributed by atoms with Gasteiger partial charge < -0.3 is 23.7 Å². The molecule has 0 fully saturated rings. The number of ether oxygens (including phenoxy) is 2. The molecule has 8 heteroatoms. The molecule has 4 rings (SSSR count). The molecular weight excluding hydrogens is 398 g/mol. The van der Waals surface area contributed by atoms with Crippen LogP contribution >= 0.6 is 0 Å². The average molecular weight is 421 g/mol. The minimum Gasteiger partial charge on any atom is -0.490 e. The van der Waals surface area contributed by atoms with Gasteiger partial charge in [-0.2, -0.15) is 4.98 Å². The second-order valence-electron chi connectivity index (χ2n) is 6.97. The van der Waals surface area contributed by atoms with Gasteiger partial charge >= 0.3 is 0 Å². The summed E-state index contributed by atoms with van der Waals surface area (Å²) >= 11 is 0. The lowest BCUT2D eigenvalue weighted by Gasteiger charge is -2.14. The molecule has 0 saturated heterocycles. The molecular formula is C23H23N3O5. The van der Waals surface area contributed by atoms with Gasteiger partial charge in [0.1, 0.15) is 11.5 Å². The van der Waals surface area contributed by atoms with Gasteiger partial charge in [0.15, 0.2) is 17.9 Å². The van der Waals surface area contributed by atoms with Gasteiger partial charge in [-0.15, -0.1) is 0 Å². The minimum absolute atomic E-state index is 0.0982. The third-order valence-corrected chi connectivity index (χ3v) is 4.66. The number of furan rings is 1.